The molecule has 3 heterocycles. The van der Waals surface area contributed by atoms with Crippen molar-refractivity contribution in [3.8, 4) is 0 Å². The van der Waals surface area contributed by atoms with Crippen LogP contribution in [0, 0.1) is 13.8 Å². The summed E-state index contributed by atoms with van der Waals surface area (Å²) in [4.78, 5) is 0. The number of hydrogen-bond acceptors (Lipinski definition) is 0. The molecule has 3 aromatic carbocycles. The van der Waals surface area contributed by atoms with Gasteiger partial charge in [-0.1, -0.05) is 36.4 Å². The van der Waals surface area contributed by atoms with Gasteiger partial charge in [-0.15, -0.1) is 0 Å². The van der Waals surface area contributed by atoms with E-state index >= 15 is 0 Å². The Hall–Kier alpha value is -3.13. The molecule has 0 amide bonds. The van der Waals surface area contributed by atoms with Crippen LogP contribution in [0.2, 0.25) is 0 Å². The molecule has 6 aromatic rings. The Morgan fingerprint density at radius 2 is 1.81 bits per heavy atom. The summed E-state index contributed by atoms with van der Waals surface area (Å²) in [6.45, 7) is 0.0110. The third-order valence-electron chi connectivity index (χ3n) is 5.76. The Morgan fingerprint density at radius 1 is 0.923 bits per heavy atom. The van der Waals surface area contributed by atoms with Gasteiger partial charge >= 0.3 is 0 Å². The fourth-order valence-electron chi connectivity index (χ4n) is 4.65. The van der Waals surface area contributed by atoms with E-state index < -0.39 is 6.85 Å². The molecule has 6 rings (SSSR count). The van der Waals surface area contributed by atoms with E-state index in [0.717, 1.165) is 27.3 Å². The van der Waals surface area contributed by atoms with Crippen LogP contribution in [0.15, 0.2) is 60.8 Å². The van der Waals surface area contributed by atoms with Crippen LogP contribution in [0.1, 0.15) is 15.2 Å². The van der Waals surface area contributed by atoms with Crippen LogP contribution in [-0.2, 0) is 7.05 Å². The molecule has 0 aliphatic carbocycles. The first-order chi connectivity index (χ1) is 13.9. The Kier molecular flexibility index (Phi) is 2.00. The smallest absolute Gasteiger partial charge is 0.224 e. The summed E-state index contributed by atoms with van der Waals surface area (Å²) in [6.07, 6.45) is 2.12. The predicted octanol–water partition coefficient (Wildman–Crippen LogP) is 5.43. The average Bonchev–Trinajstić information content (AvgIpc) is 3.02. The fourth-order valence-corrected chi connectivity index (χ4v) is 4.65. The second kappa shape index (κ2) is 4.53. The zero-order valence-electron chi connectivity index (χ0n) is 17.7. The van der Waals surface area contributed by atoms with Crippen molar-refractivity contribution in [3.05, 3.63) is 71.9 Å². The number of benzene rings is 3. The summed E-state index contributed by atoms with van der Waals surface area (Å²) >= 11 is 0. The van der Waals surface area contributed by atoms with Crippen LogP contribution < -0.4 is 4.57 Å². The summed E-state index contributed by atoms with van der Waals surface area (Å²) in [5.41, 5.74) is 6.01. The first kappa shape index (κ1) is 11.5. The quantitative estimate of drug-likeness (QED) is 0.198. The Labute approximate surface area is 155 Å². The Bertz CT molecular complexity index is 1610. The average molecular weight is 338 g/mol. The van der Waals surface area contributed by atoms with Gasteiger partial charge in [-0.05, 0) is 42.4 Å². The van der Waals surface area contributed by atoms with Crippen molar-refractivity contribution in [1.82, 2.24) is 4.40 Å². The van der Waals surface area contributed by atoms with Gasteiger partial charge in [-0.2, -0.15) is 0 Å². The van der Waals surface area contributed by atoms with Crippen molar-refractivity contribution in [1.29, 1.82) is 0 Å². The zero-order valence-corrected chi connectivity index (χ0v) is 14.7. The number of fused-ring (bicyclic) bond motifs is 6. The van der Waals surface area contributed by atoms with Crippen LogP contribution in [0.5, 0.6) is 0 Å². The predicted molar refractivity (Wildman–Crippen MR) is 109 cm³/mol. The third-order valence-corrected chi connectivity index (χ3v) is 5.76. The standard InChI is InChI=1S/C24H19N2/c1-14-7-9-17-18-10-8-16-11-12-25(3)24-21-15(2)5-4-6-19(21)26(20(17)13-14)23(18)22(16)24/h4-13H,1-3H3/q+1/i1D3. The SMILES string of the molecule is [2H]C([2H])([2H])c1ccc2c3ccc4cc[n+](C)c5c6c(C)cccc6n(c2c1)c3c45. The van der Waals surface area contributed by atoms with Gasteiger partial charge in [-0.25, -0.2) is 4.57 Å². The molecule has 0 radical (unpaired) electrons. The van der Waals surface area contributed by atoms with Gasteiger partial charge in [0, 0.05) is 21.0 Å². The molecule has 26 heavy (non-hydrogen) atoms. The van der Waals surface area contributed by atoms with Gasteiger partial charge in [0.25, 0.3) is 0 Å². The molecule has 0 atom stereocenters. The van der Waals surface area contributed by atoms with Crippen LogP contribution in [0.4, 0.5) is 0 Å². The van der Waals surface area contributed by atoms with Crippen molar-refractivity contribution in [2.45, 2.75) is 13.8 Å². The third kappa shape index (κ3) is 1.51. The Balaban J connectivity index is 2.03. The molecule has 3 aromatic heterocycles. The highest BCUT2D eigenvalue weighted by molar-refractivity contribution is 6.27. The van der Waals surface area contributed by atoms with Gasteiger partial charge in [0.15, 0.2) is 6.20 Å². The monoisotopic (exact) mass is 338 g/mol. The van der Waals surface area contributed by atoms with E-state index in [1.54, 1.807) is 6.07 Å². The lowest BCUT2D eigenvalue weighted by Crippen LogP contribution is -2.28. The highest BCUT2D eigenvalue weighted by Crippen LogP contribution is 2.40. The molecule has 0 saturated heterocycles. The number of rotatable bonds is 0. The molecule has 2 heteroatoms. The molecule has 0 N–H and O–H groups in total. The molecular weight excluding hydrogens is 316 g/mol. The lowest BCUT2D eigenvalue weighted by atomic mass is 10.00. The first-order valence-corrected chi connectivity index (χ1v) is 8.86. The molecule has 0 bridgehead atoms. The largest absolute Gasteiger partial charge is 0.307 e. The topological polar surface area (TPSA) is 8.29 Å². The lowest BCUT2D eigenvalue weighted by Gasteiger charge is -2.12. The number of aromatic nitrogens is 2. The van der Waals surface area contributed by atoms with E-state index in [2.05, 4.69) is 65.5 Å². The van der Waals surface area contributed by atoms with Crippen molar-refractivity contribution in [3.63, 3.8) is 0 Å². The van der Waals surface area contributed by atoms with E-state index in [1.807, 2.05) is 12.1 Å². The minimum absolute atomic E-state index is 0.374. The van der Waals surface area contributed by atoms with Crippen LogP contribution >= 0.6 is 0 Å². The van der Waals surface area contributed by atoms with Crippen LogP contribution in [0.3, 0.4) is 0 Å². The summed E-state index contributed by atoms with van der Waals surface area (Å²) in [5.74, 6) is 0. The van der Waals surface area contributed by atoms with Gasteiger partial charge in [0.1, 0.15) is 7.05 Å². The van der Waals surface area contributed by atoms with Gasteiger partial charge < -0.3 is 4.40 Å². The van der Waals surface area contributed by atoms with Crippen LogP contribution in [-0.4, -0.2) is 4.40 Å². The summed E-state index contributed by atoms with van der Waals surface area (Å²) in [6, 6.07) is 18.4. The van der Waals surface area contributed by atoms with Gasteiger partial charge in [0.05, 0.1) is 27.3 Å². The molecule has 0 spiro atoms. The molecule has 2 nitrogen and oxygen atoms in total. The molecule has 0 saturated carbocycles. The highest BCUT2D eigenvalue weighted by atomic mass is 14.9. The van der Waals surface area contributed by atoms with E-state index in [0.29, 0.717) is 5.56 Å². The second-order valence-electron chi connectivity index (χ2n) is 7.24. The highest BCUT2D eigenvalue weighted by Gasteiger charge is 2.23. The number of pyridine rings is 2. The molecule has 124 valence electrons. The lowest BCUT2D eigenvalue weighted by molar-refractivity contribution is -0.643. The minimum Gasteiger partial charge on any atom is -0.307 e. The van der Waals surface area contributed by atoms with Gasteiger partial charge in [-0.3, -0.25) is 0 Å². The van der Waals surface area contributed by atoms with E-state index in [4.69, 9.17) is 4.11 Å². The number of nitrogens with zero attached hydrogens (tertiary/aromatic N) is 2. The Morgan fingerprint density at radius 3 is 2.69 bits per heavy atom. The van der Waals surface area contributed by atoms with Crippen LogP contribution in [0.25, 0.3) is 49.0 Å². The minimum atomic E-state index is -2.13. The molecule has 0 aliphatic heterocycles. The summed E-state index contributed by atoms with van der Waals surface area (Å²) < 4.78 is 28.1. The first-order valence-electron chi connectivity index (χ1n) is 10.4. The number of hydrogen-bond donors (Lipinski definition) is 0. The van der Waals surface area contributed by atoms with Gasteiger partial charge in [0.2, 0.25) is 5.52 Å². The fraction of sp³-hybridized carbons (Fsp3) is 0.125. The number of aryl methyl sites for hydroxylation is 3. The summed E-state index contributed by atoms with van der Waals surface area (Å²) in [5, 5.41) is 5.86. The van der Waals surface area contributed by atoms with E-state index in [9.17, 15) is 0 Å². The summed E-state index contributed by atoms with van der Waals surface area (Å²) in [7, 11) is 2.09. The van der Waals surface area contributed by atoms with E-state index in [1.165, 1.54) is 27.2 Å². The molecule has 0 unspecified atom stereocenters. The van der Waals surface area contributed by atoms with Crippen molar-refractivity contribution in [2.75, 3.05) is 0 Å². The molecule has 0 aliphatic rings. The maximum Gasteiger partial charge on any atom is 0.224 e. The van der Waals surface area contributed by atoms with Crippen molar-refractivity contribution < 1.29 is 8.68 Å². The van der Waals surface area contributed by atoms with E-state index in [-0.39, 0.29) is 0 Å². The second-order valence-corrected chi connectivity index (χ2v) is 7.24. The molecule has 0 fully saturated rings. The van der Waals surface area contributed by atoms with Crippen molar-refractivity contribution >= 4 is 49.0 Å². The maximum atomic E-state index is 7.88. The maximum absolute atomic E-state index is 7.88. The van der Waals surface area contributed by atoms with Crippen molar-refractivity contribution in [2.24, 2.45) is 7.05 Å². The molecular formula is C24H19N2+. The normalized spacial score (nSPS) is 14.6. The zero-order chi connectivity index (χ0) is 20.1.